The average molecular weight is 435 g/mol. The summed E-state index contributed by atoms with van der Waals surface area (Å²) in [6.45, 7) is 11.6. The quantitative estimate of drug-likeness (QED) is 0.655. The number of nitrogens with zero attached hydrogens (tertiary/aromatic N) is 4. The van der Waals surface area contributed by atoms with E-state index in [0.29, 0.717) is 0 Å². The molecule has 2 aromatic rings. The number of Topliss-reactive ketones (excluding diaryl/α,β-unsaturated/α-hetero) is 1. The first-order valence-electron chi connectivity index (χ1n) is 11.7. The summed E-state index contributed by atoms with van der Waals surface area (Å²) in [5.41, 5.74) is 3.22. The van der Waals surface area contributed by atoms with Gasteiger partial charge in [0.15, 0.2) is 5.78 Å². The third-order valence-corrected chi connectivity index (χ3v) is 6.79. The van der Waals surface area contributed by atoms with Crippen LogP contribution in [0.4, 0.5) is 5.69 Å². The molecule has 0 radical (unpaired) electrons. The smallest absolute Gasteiger partial charge is 0.239 e. The first-order valence-corrected chi connectivity index (χ1v) is 11.7. The van der Waals surface area contributed by atoms with Crippen LogP contribution >= 0.6 is 0 Å². The lowest BCUT2D eigenvalue weighted by molar-refractivity contribution is -0.138. The van der Waals surface area contributed by atoms with Crippen LogP contribution in [-0.4, -0.2) is 84.8 Å². The van der Waals surface area contributed by atoms with E-state index in [9.17, 15) is 9.59 Å². The maximum atomic E-state index is 13.1. The summed E-state index contributed by atoms with van der Waals surface area (Å²) < 4.78 is 0. The summed E-state index contributed by atoms with van der Waals surface area (Å²) in [6.07, 6.45) is 0. The summed E-state index contributed by atoms with van der Waals surface area (Å²) in [7, 11) is 0. The van der Waals surface area contributed by atoms with E-state index in [2.05, 4.69) is 45.9 Å². The van der Waals surface area contributed by atoms with Crippen molar-refractivity contribution in [3.05, 3.63) is 65.7 Å². The van der Waals surface area contributed by atoms with Crippen molar-refractivity contribution in [2.75, 3.05) is 57.3 Å². The van der Waals surface area contributed by atoms with Crippen molar-refractivity contribution in [3.8, 4) is 0 Å². The number of hydrogen-bond acceptors (Lipinski definition) is 5. The SMILES string of the molecule is CC(=O)c1ccc(N2CCN([C@H](C)C(=O)N3CCN(Cc4ccccc4)CC3)CC2)cc1. The van der Waals surface area contributed by atoms with Crippen LogP contribution in [0.5, 0.6) is 0 Å². The number of carbonyl (C=O) groups excluding carboxylic acids is 2. The van der Waals surface area contributed by atoms with E-state index in [4.69, 9.17) is 0 Å². The predicted molar refractivity (Wildman–Crippen MR) is 128 cm³/mol. The molecule has 0 N–H and O–H groups in total. The zero-order valence-electron chi connectivity index (χ0n) is 19.2. The third kappa shape index (κ3) is 5.37. The van der Waals surface area contributed by atoms with Gasteiger partial charge in [-0.3, -0.25) is 19.4 Å². The lowest BCUT2D eigenvalue weighted by atomic mass is 10.1. The molecule has 4 rings (SSSR count). The highest BCUT2D eigenvalue weighted by Gasteiger charge is 2.30. The first-order chi connectivity index (χ1) is 15.5. The topological polar surface area (TPSA) is 47.1 Å². The van der Waals surface area contributed by atoms with Gasteiger partial charge in [-0.15, -0.1) is 0 Å². The Hall–Kier alpha value is -2.70. The number of rotatable bonds is 6. The highest BCUT2D eigenvalue weighted by molar-refractivity contribution is 5.94. The number of piperazine rings is 2. The Labute approximate surface area is 191 Å². The van der Waals surface area contributed by atoms with Crippen LogP contribution in [0.2, 0.25) is 0 Å². The third-order valence-electron chi connectivity index (χ3n) is 6.79. The minimum atomic E-state index is -0.0853. The van der Waals surface area contributed by atoms with Gasteiger partial charge in [0.25, 0.3) is 0 Å². The van der Waals surface area contributed by atoms with E-state index in [1.54, 1.807) is 6.92 Å². The lowest BCUT2D eigenvalue weighted by Gasteiger charge is -2.41. The molecule has 2 aliphatic rings. The molecule has 0 unspecified atom stereocenters. The second-order valence-electron chi connectivity index (χ2n) is 8.89. The lowest BCUT2D eigenvalue weighted by Crippen LogP contribution is -2.57. The largest absolute Gasteiger partial charge is 0.369 e. The monoisotopic (exact) mass is 434 g/mol. The fraction of sp³-hybridized carbons (Fsp3) is 0.462. The standard InChI is InChI=1S/C26H34N4O2/c1-21(26(32)30-14-12-27(13-15-30)20-23-6-4-3-5-7-23)28-16-18-29(19-17-28)25-10-8-24(9-11-25)22(2)31/h3-11,21H,12-20H2,1-2H3/t21-/m1/s1. The van der Waals surface area contributed by atoms with Crippen molar-refractivity contribution in [3.63, 3.8) is 0 Å². The van der Waals surface area contributed by atoms with Crippen molar-refractivity contribution in [2.45, 2.75) is 26.4 Å². The second-order valence-corrected chi connectivity index (χ2v) is 8.89. The highest BCUT2D eigenvalue weighted by atomic mass is 16.2. The maximum Gasteiger partial charge on any atom is 0.239 e. The van der Waals surface area contributed by atoms with Crippen molar-refractivity contribution in [2.24, 2.45) is 0 Å². The number of benzene rings is 2. The molecule has 2 fully saturated rings. The van der Waals surface area contributed by atoms with Crippen LogP contribution in [0.1, 0.15) is 29.8 Å². The molecule has 6 nitrogen and oxygen atoms in total. The van der Waals surface area contributed by atoms with Crippen molar-refractivity contribution in [1.82, 2.24) is 14.7 Å². The summed E-state index contributed by atoms with van der Waals surface area (Å²) in [5.74, 6) is 0.346. The number of hydrogen-bond donors (Lipinski definition) is 0. The maximum absolute atomic E-state index is 13.1. The Morgan fingerprint density at radius 1 is 0.812 bits per heavy atom. The van der Waals surface area contributed by atoms with Crippen LogP contribution in [0.25, 0.3) is 0 Å². The van der Waals surface area contributed by atoms with Crippen LogP contribution in [0.15, 0.2) is 54.6 Å². The molecule has 2 aliphatic heterocycles. The molecule has 6 heteroatoms. The van der Waals surface area contributed by atoms with Gasteiger partial charge in [0.1, 0.15) is 0 Å². The van der Waals surface area contributed by atoms with Gasteiger partial charge >= 0.3 is 0 Å². The van der Waals surface area contributed by atoms with Gasteiger partial charge < -0.3 is 9.80 Å². The molecular formula is C26H34N4O2. The highest BCUT2D eigenvalue weighted by Crippen LogP contribution is 2.19. The van der Waals surface area contributed by atoms with Crippen LogP contribution < -0.4 is 4.90 Å². The van der Waals surface area contributed by atoms with E-state index >= 15 is 0 Å². The molecule has 32 heavy (non-hydrogen) atoms. The first kappa shape index (κ1) is 22.5. The van der Waals surface area contributed by atoms with Gasteiger partial charge in [0.05, 0.1) is 6.04 Å². The molecule has 2 saturated heterocycles. The summed E-state index contributed by atoms with van der Waals surface area (Å²) in [4.78, 5) is 33.7. The van der Waals surface area contributed by atoms with E-state index in [-0.39, 0.29) is 17.7 Å². The van der Waals surface area contributed by atoms with E-state index in [0.717, 1.165) is 70.2 Å². The van der Waals surface area contributed by atoms with E-state index in [1.807, 2.05) is 35.2 Å². The molecule has 0 saturated carbocycles. The Bertz CT molecular complexity index is 899. The molecule has 0 aliphatic carbocycles. The van der Waals surface area contributed by atoms with E-state index in [1.165, 1.54) is 5.56 Å². The van der Waals surface area contributed by atoms with Crippen LogP contribution in [-0.2, 0) is 11.3 Å². The van der Waals surface area contributed by atoms with Crippen molar-refractivity contribution >= 4 is 17.4 Å². The van der Waals surface area contributed by atoms with Crippen molar-refractivity contribution < 1.29 is 9.59 Å². The molecule has 2 heterocycles. The molecule has 0 aromatic heterocycles. The molecule has 2 aromatic carbocycles. The number of carbonyl (C=O) groups is 2. The van der Waals surface area contributed by atoms with Gasteiger partial charge in [-0.25, -0.2) is 0 Å². The zero-order chi connectivity index (χ0) is 22.5. The minimum Gasteiger partial charge on any atom is -0.369 e. The molecular weight excluding hydrogens is 400 g/mol. The fourth-order valence-corrected chi connectivity index (χ4v) is 4.66. The fourth-order valence-electron chi connectivity index (χ4n) is 4.66. The predicted octanol–water partition coefficient (Wildman–Crippen LogP) is 2.74. The van der Waals surface area contributed by atoms with Gasteiger partial charge in [-0.2, -0.15) is 0 Å². The van der Waals surface area contributed by atoms with Gasteiger partial charge in [-0.1, -0.05) is 30.3 Å². The molecule has 1 atom stereocenters. The summed E-state index contributed by atoms with van der Waals surface area (Å²) >= 11 is 0. The Kier molecular flexibility index (Phi) is 7.22. The summed E-state index contributed by atoms with van der Waals surface area (Å²) in [6, 6.07) is 18.3. The molecule has 1 amide bonds. The second kappa shape index (κ2) is 10.3. The number of anilines is 1. The Balaban J connectivity index is 1.24. The summed E-state index contributed by atoms with van der Waals surface area (Å²) in [5, 5.41) is 0. The zero-order valence-corrected chi connectivity index (χ0v) is 19.2. The van der Waals surface area contributed by atoms with Crippen molar-refractivity contribution in [1.29, 1.82) is 0 Å². The number of ketones is 1. The number of amides is 1. The van der Waals surface area contributed by atoms with Gasteiger partial charge in [0.2, 0.25) is 5.91 Å². The minimum absolute atomic E-state index is 0.0853. The average Bonchev–Trinajstić information content (AvgIpc) is 2.84. The Morgan fingerprint density at radius 2 is 1.44 bits per heavy atom. The van der Waals surface area contributed by atoms with Crippen LogP contribution in [0.3, 0.4) is 0 Å². The molecule has 0 bridgehead atoms. The molecule has 170 valence electrons. The normalized spacial score (nSPS) is 19.1. The van der Waals surface area contributed by atoms with Crippen LogP contribution in [0, 0.1) is 0 Å². The Morgan fingerprint density at radius 3 is 2.03 bits per heavy atom. The van der Waals surface area contributed by atoms with E-state index < -0.39 is 0 Å². The molecule has 0 spiro atoms. The van der Waals surface area contributed by atoms with Gasteiger partial charge in [-0.05, 0) is 43.7 Å². The van der Waals surface area contributed by atoms with Gasteiger partial charge in [0, 0.05) is 70.2 Å².